The Balaban J connectivity index is 1.18. The molecule has 0 aliphatic carbocycles. The largest absolute Gasteiger partial charge is 0.394 e. The lowest BCUT2D eigenvalue weighted by Crippen LogP contribution is -2.77. The number of fused-ring (bicyclic) bond motifs is 11. The van der Waals surface area contributed by atoms with Crippen molar-refractivity contribution in [3.8, 4) is 28.3 Å². The zero-order chi connectivity index (χ0) is 35.4. The molecule has 13 rings (SSSR count). The predicted molar refractivity (Wildman–Crippen MR) is 217 cm³/mol. The molecule has 4 aromatic heterocycles. The molecule has 54 heavy (non-hydrogen) atoms. The Kier molecular flexibility index (Phi) is 5.14. The van der Waals surface area contributed by atoms with Crippen molar-refractivity contribution in [1.29, 1.82) is 0 Å². The van der Waals surface area contributed by atoms with E-state index in [-0.39, 0.29) is 0 Å². The summed E-state index contributed by atoms with van der Waals surface area (Å²) in [4.78, 5) is 0. The molecule has 252 valence electrons. The lowest BCUT2D eigenvalue weighted by Gasteiger charge is -2.33. The summed E-state index contributed by atoms with van der Waals surface area (Å²) < 4.78 is 12.8. The molecule has 1 spiro atoms. The van der Waals surface area contributed by atoms with Crippen molar-refractivity contribution in [2.75, 3.05) is 0 Å². The van der Waals surface area contributed by atoms with E-state index in [0.29, 0.717) is 0 Å². The Morgan fingerprint density at radius 2 is 1.11 bits per heavy atom. The van der Waals surface area contributed by atoms with Crippen LogP contribution < -0.4 is 9.25 Å². The summed E-state index contributed by atoms with van der Waals surface area (Å²) in [6.45, 7) is 4.64. The lowest BCUT2D eigenvalue weighted by molar-refractivity contribution is -0.995. The van der Waals surface area contributed by atoms with E-state index in [2.05, 4.69) is 201 Å². The number of aromatic nitrogens is 5. The predicted octanol–water partition coefficient (Wildman–Crippen LogP) is 9.94. The van der Waals surface area contributed by atoms with E-state index in [1.807, 2.05) is 0 Å². The van der Waals surface area contributed by atoms with Gasteiger partial charge in [0.2, 0.25) is 5.69 Å². The summed E-state index contributed by atoms with van der Waals surface area (Å²) in [5, 5.41) is 5.14. The number of pyridine rings is 1. The van der Waals surface area contributed by atoms with Crippen LogP contribution in [0.4, 0.5) is 0 Å². The van der Waals surface area contributed by atoms with Crippen molar-refractivity contribution in [2.45, 2.75) is 19.5 Å². The molecule has 0 N–H and O–H groups in total. The molecule has 0 radical (unpaired) electrons. The smallest absolute Gasteiger partial charge is 0.307 e. The van der Waals surface area contributed by atoms with Gasteiger partial charge in [0, 0.05) is 34.5 Å². The van der Waals surface area contributed by atoms with Gasteiger partial charge in [-0.1, -0.05) is 108 Å². The van der Waals surface area contributed by atoms with Crippen molar-refractivity contribution < 1.29 is 9.25 Å². The summed E-state index contributed by atoms with van der Waals surface area (Å²) in [5.74, 6) is 1.16. The van der Waals surface area contributed by atoms with E-state index in [1.54, 1.807) is 0 Å². The first-order chi connectivity index (χ1) is 26.7. The van der Waals surface area contributed by atoms with Crippen molar-refractivity contribution in [1.82, 2.24) is 13.8 Å². The molecule has 6 aromatic carbocycles. The summed E-state index contributed by atoms with van der Waals surface area (Å²) in [6, 6.07) is 53.6. The van der Waals surface area contributed by atoms with Gasteiger partial charge in [0.05, 0.1) is 34.2 Å². The quantitative estimate of drug-likeness (QED) is 0.130. The van der Waals surface area contributed by atoms with E-state index < -0.39 is 5.66 Å². The second-order valence-corrected chi connectivity index (χ2v) is 15.1. The van der Waals surface area contributed by atoms with Gasteiger partial charge >= 0.3 is 5.66 Å². The standard InChI is InChI=1S/C49H33N5/c1-30-44(34-23-21-33(22-24-34)20-19-32-12-4-3-5-13-32)31(2)54-49-45-41(51-39-16-8-6-14-35(39)37-26-28-42(53(30)54)46(49)47(37)51)27-25-38-36-15-7-9-17-40(36)52(48(38)45)43-18-10-11-29-50(43)49/h3-29H,1-2H3/q+2/b20-19+. The minimum Gasteiger partial charge on any atom is -0.307 e. The van der Waals surface area contributed by atoms with Crippen LogP contribution in [0.3, 0.4) is 0 Å². The van der Waals surface area contributed by atoms with Crippen LogP contribution in [0.15, 0.2) is 152 Å². The maximum absolute atomic E-state index is 2.63. The molecule has 0 amide bonds. The fourth-order valence-corrected chi connectivity index (χ4v) is 10.6. The number of para-hydroxylation sites is 2. The molecule has 5 heteroatoms. The molecule has 0 saturated heterocycles. The molecule has 10 aromatic rings. The second kappa shape index (κ2) is 9.71. The Morgan fingerprint density at radius 3 is 1.85 bits per heavy atom. The number of hydrogen-bond acceptors (Lipinski definition) is 0. The van der Waals surface area contributed by atoms with Crippen LogP contribution in [-0.4, -0.2) is 13.8 Å². The minimum atomic E-state index is -0.680. The van der Waals surface area contributed by atoms with E-state index in [0.717, 1.165) is 5.82 Å². The summed E-state index contributed by atoms with van der Waals surface area (Å²) >= 11 is 0. The Hall–Kier alpha value is -6.98. The number of nitrogens with zero attached hydrogens (tertiary/aromatic N) is 5. The SMILES string of the molecule is Cc1c(-c2ccc(/C=C/c3ccccc3)cc2)c(C)[n+]2n1-c1ccc3c4ccccc4n4c3c1C21c2c-4ccc3c4ccccc4n(c23)-c2cccc[n+]21. The first kappa shape index (κ1) is 28.6. The molecule has 0 fully saturated rings. The molecule has 7 heterocycles. The molecule has 5 nitrogen and oxygen atoms in total. The van der Waals surface area contributed by atoms with Gasteiger partial charge in [-0.25, -0.2) is 0 Å². The summed E-state index contributed by atoms with van der Waals surface area (Å²) in [6.07, 6.45) is 6.70. The van der Waals surface area contributed by atoms with Crippen molar-refractivity contribution in [2.24, 2.45) is 0 Å². The maximum atomic E-state index is 2.63. The fourth-order valence-electron chi connectivity index (χ4n) is 10.6. The van der Waals surface area contributed by atoms with Crippen LogP contribution in [0.5, 0.6) is 0 Å². The average molecular weight is 692 g/mol. The fraction of sp³-hybridized carbons (Fsp3) is 0.0612. The van der Waals surface area contributed by atoms with E-state index in [1.165, 1.54) is 99.8 Å². The molecule has 0 bridgehead atoms. The van der Waals surface area contributed by atoms with Gasteiger partial charge < -0.3 is 4.57 Å². The Labute approximate surface area is 311 Å². The van der Waals surface area contributed by atoms with E-state index >= 15 is 0 Å². The normalized spacial score (nSPS) is 16.0. The van der Waals surface area contributed by atoms with E-state index in [4.69, 9.17) is 0 Å². The molecular formula is C49H33N5+2. The minimum absolute atomic E-state index is 0.680. The number of benzene rings is 6. The highest BCUT2D eigenvalue weighted by Crippen LogP contribution is 2.55. The van der Waals surface area contributed by atoms with Gasteiger partial charge in [0.25, 0.3) is 5.82 Å². The van der Waals surface area contributed by atoms with Crippen LogP contribution in [0, 0.1) is 13.8 Å². The highest BCUT2D eigenvalue weighted by molar-refractivity contribution is 6.16. The Morgan fingerprint density at radius 1 is 0.519 bits per heavy atom. The molecule has 1 unspecified atom stereocenters. The van der Waals surface area contributed by atoms with Crippen molar-refractivity contribution in [3.05, 3.63) is 185 Å². The zero-order valence-electron chi connectivity index (χ0n) is 29.8. The summed E-state index contributed by atoms with van der Waals surface area (Å²) in [5.41, 5.74) is 16.8. The number of hydrogen-bond donors (Lipinski definition) is 0. The second-order valence-electron chi connectivity index (χ2n) is 15.1. The van der Waals surface area contributed by atoms with Crippen molar-refractivity contribution in [3.63, 3.8) is 0 Å². The van der Waals surface area contributed by atoms with Gasteiger partial charge in [0.15, 0.2) is 5.52 Å². The summed E-state index contributed by atoms with van der Waals surface area (Å²) in [7, 11) is 0. The third-order valence-electron chi connectivity index (χ3n) is 12.5. The highest BCUT2D eigenvalue weighted by Gasteiger charge is 2.69. The van der Waals surface area contributed by atoms with Gasteiger partial charge in [0.1, 0.15) is 22.3 Å². The van der Waals surface area contributed by atoms with Crippen LogP contribution in [-0.2, 0) is 5.66 Å². The van der Waals surface area contributed by atoms with Crippen molar-refractivity contribution >= 4 is 55.8 Å². The lowest BCUT2D eigenvalue weighted by atomic mass is 9.82. The van der Waals surface area contributed by atoms with Gasteiger partial charge in [-0.05, 0) is 72.1 Å². The van der Waals surface area contributed by atoms with Gasteiger partial charge in [-0.15, -0.1) is 4.68 Å². The first-order valence-corrected chi connectivity index (χ1v) is 18.8. The zero-order valence-corrected chi connectivity index (χ0v) is 29.8. The average Bonchev–Trinajstić information content (AvgIpc) is 3.92. The van der Waals surface area contributed by atoms with Crippen LogP contribution in [0.1, 0.15) is 33.6 Å². The molecule has 0 saturated carbocycles. The van der Waals surface area contributed by atoms with Gasteiger partial charge in [-0.3, -0.25) is 0 Å². The maximum Gasteiger partial charge on any atom is 0.394 e. The topological polar surface area (TPSA) is 22.5 Å². The molecule has 1 atom stereocenters. The highest BCUT2D eigenvalue weighted by atomic mass is 15.5. The molecule has 3 aliphatic heterocycles. The third kappa shape index (κ3) is 3.13. The first-order valence-electron chi connectivity index (χ1n) is 18.8. The molecule has 3 aliphatic rings. The van der Waals surface area contributed by atoms with E-state index in [9.17, 15) is 0 Å². The number of rotatable bonds is 3. The van der Waals surface area contributed by atoms with Crippen LogP contribution >= 0.6 is 0 Å². The van der Waals surface area contributed by atoms with Crippen LogP contribution in [0.25, 0.3) is 84.1 Å². The Bertz CT molecular complexity index is 3340. The molecular weight excluding hydrogens is 659 g/mol. The van der Waals surface area contributed by atoms with Crippen LogP contribution in [0.2, 0.25) is 0 Å². The van der Waals surface area contributed by atoms with Gasteiger partial charge in [-0.2, -0.15) is 9.13 Å². The monoisotopic (exact) mass is 691 g/mol. The third-order valence-corrected chi connectivity index (χ3v) is 12.5.